The molecule has 2 amide bonds. The van der Waals surface area contributed by atoms with E-state index in [0.29, 0.717) is 0 Å². The SMILES string of the molecule is CCc1ccc(NC(=O)[C@H](C)NC(=O)C(C)(C)C)cc1. The van der Waals surface area contributed by atoms with Crippen molar-refractivity contribution < 1.29 is 9.59 Å². The first-order valence-electron chi connectivity index (χ1n) is 6.94. The normalized spacial score (nSPS) is 12.7. The van der Waals surface area contributed by atoms with Gasteiger partial charge >= 0.3 is 0 Å². The van der Waals surface area contributed by atoms with Crippen molar-refractivity contribution >= 4 is 17.5 Å². The summed E-state index contributed by atoms with van der Waals surface area (Å²) in [7, 11) is 0. The first-order valence-corrected chi connectivity index (χ1v) is 6.94. The number of nitrogens with one attached hydrogen (secondary N) is 2. The first kappa shape index (κ1) is 16.2. The van der Waals surface area contributed by atoms with Gasteiger partial charge in [-0.2, -0.15) is 0 Å². The molecule has 20 heavy (non-hydrogen) atoms. The molecule has 1 aromatic carbocycles. The molecule has 0 aliphatic rings. The van der Waals surface area contributed by atoms with Gasteiger partial charge in [0.25, 0.3) is 0 Å². The average Bonchev–Trinajstić information content (AvgIpc) is 2.38. The first-order chi connectivity index (χ1) is 9.24. The van der Waals surface area contributed by atoms with E-state index in [9.17, 15) is 9.59 Å². The second-order valence-corrected chi connectivity index (χ2v) is 5.98. The Labute approximate surface area is 121 Å². The molecule has 1 rings (SSSR count). The van der Waals surface area contributed by atoms with Crippen molar-refractivity contribution in [3.8, 4) is 0 Å². The highest BCUT2D eigenvalue weighted by Gasteiger charge is 2.24. The van der Waals surface area contributed by atoms with Gasteiger partial charge in [-0.25, -0.2) is 0 Å². The number of benzene rings is 1. The van der Waals surface area contributed by atoms with Crippen LogP contribution in [0.2, 0.25) is 0 Å². The molecule has 4 heteroatoms. The lowest BCUT2D eigenvalue weighted by Gasteiger charge is -2.21. The van der Waals surface area contributed by atoms with Crippen molar-refractivity contribution in [1.82, 2.24) is 5.32 Å². The lowest BCUT2D eigenvalue weighted by Crippen LogP contribution is -2.46. The number of carbonyl (C=O) groups excluding carboxylic acids is 2. The molecule has 2 N–H and O–H groups in total. The van der Waals surface area contributed by atoms with Gasteiger partial charge in [-0.05, 0) is 31.0 Å². The van der Waals surface area contributed by atoms with Gasteiger partial charge in [0.2, 0.25) is 11.8 Å². The van der Waals surface area contributed by atoms with Gasteiger partial charge in [0.1, 0.15) is 6.04 Å². The lowest BCUT2D eigenvalue weighted by molar-refractivity contribution is -0.131. The van der Waals surface area contributed by atoms with Gasteiger partial charge < -0.3 is 10.6 Å². The minimum absolute atomic E-state index is 0.138. The third kappa shape index (κ3) is 4.68. The predicted octanol–water partition coefficient (Wildman–Crippen LogP) is 2.74. The van der Waals surface area contributed by atoms with Gasteiger partial charge in [0, 0.05) is 11.1 Å². The van der Waals surface area contributed by atoms with Crippen LogP contribution in [-0.4, -0.2) is 17.9 Å². The summed E-state index contributed by atoms with van der Waals surface area (Å²) in [6.45, 7) is 9.21. The van der Waals surface area contributed by atoms with Crippen molar-refractivity contribution in [1.29, 1.82) is 0 Å². The topological polar surface area (TPSA) is 58.2 Å². The molecule has 0 aliphatic carbocycles. The third-order valence-electron chi connectivity index (χ3n) is 3.05. The van der Waals surface area contributed by atoms with Gasteiger partial charge in [-0.15, -0.1) is 0 Å². The molecule has 0 saturated carbocycles. The lowest BCUT2D eigenvalue weighted by atomic mass is 9.95. The number of anilines is 1. The number of hydrogen-bond acceptors (Lipinski definition) is 2. The molecule has 0 saturated heterocycles. The van der Waals surface area contributed by atoms with Crippen molar-refractivity contribution in [2.75, 3.05) is 5.32 Å². The molecule has 0 aliphatic heterocycles. The molecule has 110 valence electrons. The smallest absolute Gasteiger partial charge is 0.246 e. The van der Waals surface area contributed by atoms with Gasteiger partial charge in [-0.3, -0.25) is 9.59 Å². The number of hydrogen-bond donors (Lipinski definition) is 2. The highest BCUT2D eigenvalue weighted by molar-refractivity contribution is 5.97. The molecule has 0 spiro atoms. The van der Waals surface area contributed by atoms with Crippen molar-refractivity contribution in [2.45, 2.75) is 47.1 Å². The Bertz CT molecular complexity index is 472. The molecule has 4 nitrogen and oxygen atoms in total. The summed E-state index contributed by atoms with van der Waals surface area (Å²) in [5.41, 5.74) is 1.46. The number of rotatable bonds is 4. The third-order valence-corrected chi connectivity index (χ3v) is 3.05. The number of aryl methyl sites for hydroxylation is 1. The summed E-state index contributed by atoms with van der Waals surface area (Å²) in [6.07, 6.45) is 0.965. The zero-order chi connectivity index (χ0) is 15.3. The Balaban J connectivity index is 2.59. The number of carbonyl (C=O) groups is 2. The molecule has 1 atom stereocenters. The van der Waals surface area contributed by atoms with Gasteiger partial charge in [0.15, 0.2) is 0 Å². The van der Waals surface area contributed by atoms with Gasteiger partial charge in [-0.1, -0.05) is 39.8 Å². The maximum Gasteiger partial charge on any atom is 0.246 e. The van der Waals surface area contributed by atoms with E-state index in [-0.39, 0.29) is 11.8 Å². The zero-order valence-electron chi connectivity index (χ0n) is 12.9. The van der Waals surface area contributed by atoms with E-state index < -0.39 is 11.5 Å². The van der Waals surface area contributed by atoms with Crippen LogP contribution in [0.1, 0.15) is 40.2 Å². The van der Waals surface area contributed by atoms with E-state index in [1.54, 1.807) is 6.92 Å². The monoisotopic (exact) mass is 276 g/mol. The second kappa shape index (κ2) is 6.55. The van der Waals surface area contributed by atoms with Crippen LogP contribution in [0.3, 0.4) is 0 Å². The van der Waals surface area contributed by atoms with E-state index in [0.717, 1.165) is 12.1 Å². The zero-order valence-corrected chi connectivity index (χ0v) is 12.9. The predicted molar refractivity (Wildman–Crippen MR) is 81.5 cm³/mol. The highest BCUT2D eigenvalue weighted by atomic mass is 16.2. The van der Waals surface area contributed by atoms with E-state index in [4.69, 9.17) is 0 Å². The van der Waals surface area contributed by atoms with Crippen molar-refractivity contribution in [2.24, 2.45) is 5.41 Å². The fourth-order valence-electron chi connectivity index (χ4n) is 1.55. The largest absolute Gasteiger partial charge is 0.344 e. The summed E-state index contributed by atoms with van der Waals surface area (Å²) < 4.78 is 0. The van der Waals surface area contributed by atoms with Crippen LogP contribution >= 0.6 is 0 Å². The molecule has 0 fully saturated rings. The van der Waals surface area contributed by atoms with Crippen LogP contribution in [0.15, 0.2) is 24.3 Å². The Morgan fingerprint density at radius 2 is 1.70 bits per heavy atom. The van der Waals surface area contributed by atoms with Crippen LogP contribution in [0.4, 0.5) is 5.69 Å². The molecule has 1 aromatic rings. The van der Waals surface area contributed by atoms with E-state index in [1.807, 2.05) is 45.0 Å². The Morgan fingerprint density at radius 1 is 1.15 bits per heavy atom. The van der Waals surface area contributed by atoms with Gasteiger partial charge in [0.05, 0.1) is 0 Å². The van der Waals surface area contributed by atoms with Crippen LogP contribution in [-0.2, 0) is 16.0 Å². The summed E-state index contributed by atoms with van der Waals surface area (Å²) in [5, 5.41) is 5.51. The molecular weight excluding hydrogens is 252 g/mol. The maximum absolute atomic E-state index is 12.0. The van der Waals surface area contributed by atoms with Crippen LogP contribution in [0, 0.1) is 5.41 Å². The molecule has 0 bridgehead atoms. The van der Waals surface area contributed by atoms with Crippen molar-refractivity contribution in [3.63, 3.8) is 0 Å². The van der Waals surface area contributed by atoms with Crippen LogP contribution in [0.25, 0.3) is 0 Å². The van der Waals surface area contributed by atoms with Crippen molar-refractivity contribution in [3.05, 3.63) is 29.8 Å². The summed E-state index contributed by atoms with van der Waals surface area (Å²) in [5.74, 6) is -0.353. The minimum atomic E-state index is -0.562. The highest BCUT2D eigenvalue weighted by Crippen LogP contribution is 2.13. The minimum Gasteiger partial charge on any atom is -0.344 e. The fraction of sp³-hybridized carbons (Fsp3) is 0.500. The van der Waals surface area contributed by atoms with Crippen LogP contribution in [0.5, 0.6) is 0 Å². The maximum atomic E-state index is 12.0. The van der Waals surface area contributed by atoms with E-state index >= 15 is 0 Å². The molecular formula is C16H24N2O2. The summed E-state index contributed by atoms with van der Waals surface area (Å²) in [6, 6.07) is 7.14. The molecule has 0 aromatic heterocycles. The fourth-order valence-corrected chi connectivity index (χ4v) is 1.55. The molecule has 0 heterocycles. The standard InChI is InChI=1S/C16H24N2O2/c1-6-12-7-9-13(10-8-12)18-14(19)11(2)17-15(20)16(3,4)5/h7-11H,6H2,1-5H3,(H,17,20)(H,18,19)/t11-/m0/s1. The average molecular weight is 276 g/mol. The second-order valence-electron chi connectivity index (χ2n) is 5.98. The van der Waals surface area contributed by atoms with E-state index in [1.165, 1.54) is 5.56 Å². The van der Waals surface area contributed by atoms with Crippen LogP contribution < -0.4 is 10.6 Å². The summed E-state index contributed by atoms with van der Waals surface area (Å²) >= 11 is 0. The van der Waals surface area contributed by atoms with E-state index in [2.05, 4.69) is 17.6 Å². The quantitative estimate of drug-likeness (QED) is 0.888. The molecule has 0 radical (unpaired) electrons. The number of amides is 2. The summed E-state index contributed by atoms with van der Waals surface area (Å²) in [4.78, 5) is 23.8. The Morgan fingerprint density at radius 3 is 2.15 bits per heavy atom. The Kier molecular flexibility index (Phi) is 5.31. The molecule has 0 unspecified atom stereocenters. The Hall–Kier alpha value is -1.84.